The third-order valence-corrected chi connectivity index (χ3v) is 2.64. The van der Waals surface area contributed by atoms with Crippen LogP contribution in [0.15, 0.2) is 22.7 Å². The molecule has 0 aromatic heterocycles. The van der Waals surface area contributed by atoms with Gasteiger partial charge in [0.15, 0.2) is 5.78 Å². The molecule has 1 aliphatic heterocycles. The number of carbonyl (C=O) groups is 1. The van der Waals surface area contributed by atoms with E-state index in [4.69, 9.17) is 0 Å². The molecule has 0 amide bonds. The lowest BCUT2D eigenvalue weighted by molar-refractivity contribution is 0.0981. The Morgan fingerprint density at radius 3 is 2.92 bits per heavy atom. The molecule has 3 heteroatoms. The number of halogens is 1. The van der Waals surface area contributed by atoms with E-state index in [1.54, 1.807) is 0 Å². The minimum atomic E-state index is 0.170. The van der Waals surface area contributed by atoms with Gasteiger partial charge in [0.2, 0.25) is 0 Å². The molecular weight excluding hydrogens is 218 g/mol. The van der Waals surface area contributed by atoms with Gasteiger partial charge in [0.25, 0.3) is 0 Å². The first-order valence-corrected chi connectivity index (χ1v) is 4.59. The average molecular weight is 226 g/mol. The fourth-order valence-corrected chi connectivity index (χ4v) is 2.06. The Balaban J connectivity index is 2.60. The summed E-state index contributed by atoms with van der Waals surface area (Å²) < 4.78 is 0.909. The maximum absolute atomic E-state index is 11.4. The van der Waals surface area contributed by atoms with Gasteiger partial charge in [0.1, 0.15) is 0 Å². The van der Waals surface area contributed by atoms with Crippen LogP contribution in [0, 0.1) is 0 Å². The summed E-state index contributed by atoms with van der Waals surface area (Å²) in [7, 11) is 0. The van der Waals surface area contributed by atoms with Gasteiger partial charge in [-0.3, -0.25) is 4.79 Å². The monoisotopic (exact) mass is 225 g/mol. The second-order valence-electron chi connectivity index (χ2n) is 2.80. The summed E-state index contributed by atoms with van der Waals surface area (Å²) in [5.41, 5.74) is 1.93. The summed E-state index contributed by atoms with van der Waals surface area (Å²) in [4.78, 5) is 11.4. The molecule has 1 aromatic rings. The number of hydrogen-bond acceptors (Lipinski definition) is 2. The van der Waals surface area contributed by atoms with E-state index in [1.165, 1.54) is 0 Å². The first-order valence-electron chi connectivity index (χ1n) is 3.80. The molecule has 0 spiro atoms. The van der Waals surface area contributed by atoms with E-state index in [0.29, 0.717) is 6.54 Å². The minimum absolute atomic E-state index is 0.170. The van der Waals surface area contributed by atoms with Crippen LogP contribution in [0.2, 0.25) is 0 Å². The van der Waals surface area contributed by atoms with Crippen molar-refractivity contribution < 1.29 is 4.79 Å². The number of nitrogens with one attached hydrogen (secondary N) is 1. The van der Waals surface area contributed by atoms with E-state index in [-0.39, 0.29) is 5.78 Å². The van der Waals surface area contributed by atoms with Crippen LogP contribution in [0.5, 0.6) is 0 Å². The quantitative estimate of drug-likeness (QED) is 0.729. The normalized spacial score (nSPS) is 15.9. The topological polar surface area (TPSA) is 29.1 Å². The van der Waals surface area contributed by atoms with Crippen LogP contribution in [-0.2, 0) is 6.54 Å². The number of hydrogen-bond donors (Lipinski definition) is 1. The highest BCUT2D eigenvalue weighted by molar-refractivity contribution is 9.10. The van der Waals surface area contributed by atoms with E-state index in [2.05, 4.69) is 21.2 Å². The Morgan fingerprint density at radius 1 is 1.33 bits per heavy atom. The van der Waals surface area contributed by atoms with Crippen LogP contribution < -0.4 is 5.32 Å². The Morgan fingerprint density at radius 2 is 2.17 bits per heavy atom. The van der Waals surface area contributed by atoms with Crippen molar-refractivity contribution in [1.82, 2.24) is 5.32 Å². The molecule has 0 aliphatic carbocycles. The maximum Gasteiger partial charge on any atom is 0.178 e. The molecule has 2 nitrogen and oxygen atoms in total. The number of Topliss-reactive ketones (excluding diaryl/α,β-unsaturated/α-hetero) is 1. The molecule has 0 radical (unpaired) electrons. The van der Waals surface area contributed by atoms with Crippen molar-refractivity contribution in [2.75, 3.05) is 6.54 Å². The molecule has 12 heavy (non-hydrogen) atoms. The Hall–Kier alpha value is -0.670. The van der Waals surface area contributed by atoms with Crippen LogP contribution in [0.1, 0.15) is 15.9 Å². The number of rotatable bonds is 0. The van der Waals surface area contributed by atoms with Gasteiger partial charge in [-0.2, -0.15) is 0 Å². The average Bonchev–Trinajstić information content (AvgIpc) is 2.04. The van der Waals surface area contributed by atoms with Crippen LogP contribution in [0.4, 0.5) is 0 Å². The van der Waals surface area contributed by atoms with Gasteiger partial charge in [-0.15, -0.1) is 0 Å². The smallest absolute Gasteiger partial charge is 0.178 e. The van der Waals surface area contributed by atoms with Crippen molar-refractivity contribution >= 4 is 21.7 Å². The van der Waals surface area contributed by atoms with E-state index >= 15 is 0 Å². The largest absolute Gasteiger partial charge is 0.306 e. The molecule has 0 saturated carbocycles. The molecular formula is C9H8BrNO. The summed E-state index contributed by atoms with van der Waals surface area (Å²) >= 11 is 3.37. The lowest BCUT2D eigenvalue weighted by Crippen LogP contribution is -2.29. The Bertz CT molecular complexity index is 335. The standard InChI is InChI=1S/C9H8BrNO/c10-7-3-1-2-6-4-11-5-8(12)9(6)7/h1-3,11H,4-5H2. The fourth-order valence-electron chi connectivity index (χ4n) is 1.43. The first kappa shape index (κ1) is 7.95. The molecule has 62 valence electrons. The molecule has 1 aromatic carbocycles. The highest BCUT2D eigenvalue weighted by atomic mass is 79.9. The Labute approximate surface area is 79.1 Å². The highest BCUT2D eigenvalue weighted by Crippen LogP contribution is 2.22. The van der Waals surface area contributed by atoms with Crippen molar-refractivity contribution in [2.45, 2.75) is 6.54 Å². The number of carbonyl (C=O) groups excluding carboxylic acids is 1. The first-order chi connectivity index (χ1) is 5.79. The van der Waals surface area contributed by atoms with E-state index in [1.807, 2.05) is 18.2 Å². The van der Waals surface area contributed by atoms with E-state index in [9.17, 15) is 4.79 Å². The van der Waals surface area contributed by atoms with Gasteiger partial charge in [0, 0.05) is 16.6 Å². The Kier molecular flexibility index (Phi) is 1.98. The van der Waals surface area contributed by atoms with Crippen LogP contribution in [0.3, 0.4) is 0 Å². The van der Waals surface area contributed by atoms with Gasteiger partial charge in [-0.25, -0.2) is 0 Å². The van der Waals surface area contributed by atoms with Crippen molar-refractivity contribution in [1.29, 1.82) is 0 Å². The summed E-state index contributed by atoms with van der Waals surface area (Å²) in [5, 5.41) is 3.05. The number of ketones is 1. The van der Waals surface area contributed by atoms with Crippen LogP contribution in [0.25, 0.3) is 0 Å². The molecule has 0 saturated heterocycles. The number of benzene rings is 1. The molecule has 2 rings (SSSR count). The SMILES string of the molecule is O=C1CNCc2cccc(Br)c21. The second-order valence-corrected chi connectivity index (χ2v) is 3.66. The minimum Gasteiger partial charge on any atom is -0.306 e. The predicted molar refractivity (Wildman–Crippen MR) is 50.2 cm³/mol. The molecule has 0 atom stereocenters. The van der Waals surface area contributed by atoms with Gasteiger partial charge >= 0.3 is 0 Å². The summed E-state index contributed by atoms with van der Waals surface area (Å²) in [5.74, 6) is 0.170. The third-order valence-electron chi connectivity index (χ3n) is 1.98. The van der Waals surface area contributed by atoms with Crippen molar-refractivity contribution in [2.24, 2.45) is 0 Å². The summed E-state index contributed by atoms with van der Waals surface area (Å²) in [6.07, 6.45) is 0. The third kappa shape index (κ3) is 1.19. The van der Waals surface area contributed by atoms with Crippen LogP contribution in [-0.4, -0.2) is 12.3 Å². The fraction of sp³-hybridized carbons (Fsp3) is 0.222. The molecule has 0 bridgehead atoms. The van der Waals surface area contributed by atoms with E-state index < -0.39 is 0 Å². The second kappa shape index (κ2) is 2.99. The molecule has 1 N–H and O–H groups in total. The lowest BCUT2D eigenvalue weighted by Gasteiger charge is -2.16. The maximum atomic E-state index is 11.4. The van der Waals surface area contributed by atoms with Crippen LogP contribution >= 0.6 is 15.9 Å². The zero-order valence-electron chi connectivity index (χ0n) is 6.43. The number of fused-ring (bicyclic) bond motifs is 1. The van der Waals surface area contributed by atoms with Gasteiger partial charge < -0.3 is 5.32 Å². The summed E-state index contributed by atoms with van der Waals surface area (Å²) in [6, 6.07) is 5.83. The molecule has 1 heterocycles. The molecule has 0 unspecified atom stereocenters. The molecule has 0 fully saturated rings. The highest BCUT2D eigenvalue weighted by Gasteiger charge is 2.18. The lowest BCUT2D eigenvalue weighted by atomic mass is 10.0. The zero-order chi connectivity index (χ0) is 8.55. The summed E-state index contributed by atoms with van der Waals surface area (Å²) in [6.45, 7) is 1.25. The van der Waals surface area contributed by atoms with Gasteiger partial charge in [0.05, 0.1) is 6.54 Å². The predicted octanol–water partition coefficient (Wildman–Crippen LogP) is 1.74. The van der Waals surface area contributed by atoms with Gasteiger partial charge in [-0.1, -0.05) is 28.1 Å². The van der Waals surface area contributed by atoms with Crippen molar-refractivity contribution in [3.05, 3.63) is 33.8 Å². The van der Waals surface area contributed by atoms with E-state index in [0.717, 1.165) is 22.1 Å². The van der Waals surface area contributed by atoms with Crippen molar-refractivity contribution in [3.63, 3.8) is 0 Å². The van der Waals surface area contributed by atoms with Gasteiger partial charge in [-0.05, 0) is 11.6 Å². The zero-order valence-corrected chi connectivity index (χ0v) is 8.02. The molecule has 1 aliphatic rings. The van der Waals surface area contributed by atoms with Crippen molar-refractivity contribution in [3.8, 4) is 0 Å².